The quantitative estimate of drug-likeness (QED) is 0.904. The third-order valence-electron chi connectivity index (χ3n) is 3.96. The second kappa shape index (κ2) is 6.43. The number of nitrogens with zero attached hydrogens (tertiary/aromatic N) is 1. The molecule has 0 radical (unpaired) electrons. The minimum absolute atomic E-state index is 0.0509. The molecule has 2 heterocycles. The minimum atomic E-state index is -0.191. The van der Waals surface area contributed by atoms with Gasteiger partial charge in [0, 0.05) is 6.20 Å². The van der Waals surface area contributed by atoms with Crippen LogP contribution in [-0.4, -0.2) is 10.9 Å². The minimum Gasteiger partial charge on any atom is -0.444 e. The first-order valence-electron chi connectivity index (χ1n) is 7.21. The predicted octanol–water partition coefficient (Wildman–Crippen LogP) is 4.10. The number of carbonyl (C=O) groups excluding carboxylic acids is 1. The Hall–Kier alpha value is -1.62. The molecule has 21 heavy (non-hydrogen) atoms. The van der Waals surface area contributed by atoms with E-state index in [9.17, 15) is 4.79 Å². The van der Waals surface area contributed by atoms with Crippen molar-refractivity contribution < 1.29 is 9.21 Å². The standard InChI is InChI=1S/C16H17BrN2O2/c17-14-9-8-13(21-14)16(20)19-15(11-5-1-2-6-11)12-7-3-4-10-18-12/h3-4,7-11,15H,1-2,5-6H2,(H,19,20). The molecule has 1 N–H and O–H groups in total. The Bertz CT molecular complexity index is 606. The smallest absolute Gasteiger partial charge is 0.287 e. The fourth-order valence-electron chi connectivity index (χ4n) is 2.93. The van der Waals surface area contributed by atoms with Crippen molar-refractivity contribution in [2.75, 3.05) is 0 Å². The summed E-state index contributed by atoms with van der Waals surface area (Å²) in [6.45, 7) is 0. The zero-order valence-electron chi connectivity index (χ0n) is 11.6. The molecule has 0 saturated heterocycles. The summed E-state index contributed by atoms with van der Waals surface area (Å²) in [6, 6.07) is 9.16. The SMILES string of the molecule is O=C(NC(c1ccccn1)C1CCCC1)c1ccc(Br)o1. The lowest BCUT2D eigenvalue weighted by atomic mass is 9.94. The lowest BCUT2D eigenvalue weighted by Gasteiger charge is -2.23. The first-order chi connectivity index (χ1) is 10.2. The Labute approximate surface area is 132 Å². The number of halogens is 1. The fourth-order valence-corrected chi connectivity index (χ4v) is 3.24. The second-order valence-corrected chi connectivity index (χ2v) is 6.14. The number of carbonyl (C=O) groups is 1. The monoisotopic (exact) mass is 348 g/mol. The van der Waals surface area contributed by atoms with Gasteiger partial charge >= 0.3 is 0 Å². The molecular formula is C16H17BrN2O2. The summed E-state index contributed by atoms with van der Waals surface area (Å²) in [5, 5.41) is 3.09. The van der Waals surface area contributed by atoms with Gasteiger partial charge in [0.25, 0.3) is 5.91 Å². The van der Waals surface area contributed by atoms with Crippen molar-refractivity contribution in [2.24, 2.45) is 5.92 Å². The Morgan fingerprint density at radius 1 is 1.29 bits per heavy atom. The average molecular weight is 349 g/mol. The van der Waals surface area contributed by atoms with Gasteiger partial charge in [-0.15, -0.1) is 0 Å². The number of hydrogen-bond donors (Lipinski definition) is 1. The van der Waals surface area contributed by atoms with E-state index < -0.39 is 0 Å². The highest BCUT2D eigenvalue weighted by atomic mass is 79.9. The van der Waals surface area contributed by atoms with Crippen LogP contribution in [0.2, 0.25) is 0 Å². The number of amides is 1. The van der Waals surface area contributed by atoms with Crippen LogP contribution in [-0.2, 0) is 0 Å². The molecule has 0 spiro atoms. The molecule has 1 aliphatic rings. The maximum Gasteiger partial charge on any atom is 0.287 e. The van der Waals surface area contributed by atoms with Crippen molar-refractivity contribution in [3.8, 4) is 0 Å². The first-order valence-corrected chi connectivity index (χ1v) is 8.00. The molecule has 1 fully saturated rings. The van der Waals surface area contributed by atoms with Crippen molar-refractivity contribution in [2.45, 2.75) is 31.7 Å². The van der Waals surface area contributed by atoms with Gasteiger partial charge in [0.1, 0.15) is 0 Å². The third kappa shape index (κ3) is 3.35. The highest BCUT2D eigenvalue weighted by Crippen LogP contribution is 2.35. The van der Waals surface area contributed by atoms with Crippen LogP contribution >= 0.6 is 15.9 Å². The number of rotatable bonds is 4. The molecule has 2 aromatic rings. The van der Waals surface area contributed by atoms with Crippen LogP contribution in [0.5, 0.6) is 0 Å². The molecule has 2 aromatic heterocycles. The molecule has 5 heteroatoms. The van der Waals surface area contributed by atoms with E-state index in [0.717, 1.165) is 18.5 Å². The van der Waals surface area contributed by atoms with Crippen LogP contribution in [0.25, 0.3) is 0 Å². The van der Waals surface area contributed by atoms with Crippen LogP contribution < -0.4 is 5.32 Å². The van der Waals surface area contributed by atoms with Crippen LogP contribution in [0.4, 0.5) is 0 Å². The van der Waals surface area contributed by atoms with Gasteiger partial charge in [-0.2, -0.15) is 0 Å². The van der Waals surface area contributed by atoms with Gasteiger partial charge in [-0.05, 0) is 59.0 Å². The largest absolute Gasteiger partial charge is 0.444 e. The van der Waals surface area contributed by atoms with Gasteiger partial charge in [0.15, 0.2) is 10.4 Å². The fraction of sp³-hybridized carbons (Fsp3) is 0.375. The number of hydrogen-bond acceptors (Lipinski definition) is 3. The van der Waals surface area contributed by atoms with E-state index in [0.29, 0.717) is 16.3 Å². The lowest BCUT2D eigenvalue weighted by Crippen LogP contribution is -2.33. The van der Waals surface area contributed by atoms with Gasteiger partial charge < -0.3 is 9.73 Å². The maximum atomic E-state index is 12.3. The number of furan rings is 1. The molecule has 110 valence electrons. The summed E-state index contributed by atoms with van der Waals surface area (Å²) in [5.74, 6) is 0.575. The topological polar surface area (TPSA) is 55.1 Å². The highest BCUT2D eigenvalue weighted by Gasteiger charge is 2.29. The summed E-state index contributed by atoms with van der Waals surface area (Å²) < 4.78 is 5.89. The van der Waals surface area contributed by atoms with Crippen molar-refractivity contribution >= 4 is 21.8 Å². The van der Waals surface area contributed by atoms with Crippen molar-refractivity contribution in [1.29, 1.82) is 0 Å². The van der Waals surface area contributed by atoms with E-state index in [-0.39, 0.29) is 11.9 Å². The van der Waals surface area contributed by atoms with Gasteiger partial charge in [0.2, 0.25) is 0 Å². The molecule has 4 nitrogen and oxygen atoms in total. The van der Waals surface area contributed by atoms with Crippen LogP contribution in [0.3, 0.4) is 0 Å². The summed E-state index contributed by atoms with van der Waals surface area (Å²) in [5.41, 5.74) is 0.920. The van der Waals surface area contributed by atoms with Crippen LogP contribution in [0.15, 0.2) is 45.6 Å². The molecule has 1 saturated carbocycles. The average Bonchev–Trinajstić information content (AvgIpc) is 3.17. The Kier molecular flexibility index (Phi) is 4.39. The first kappa shape index (κ1) is 14.3. The summed E-state index contributed by atoms with van der Waals surface area (Å²) in [4.78, 5) is 16.8. The Morgan fingerprint density at radius 3 is 2.71 bits per heavy atom. The summed E-state index contributed by atoms with van der Waals surface area (Å²) in [7, 11) is 0. The summed E-state index contributed by atoms with van der Waals surface area (Å²) >= 11 is 3.22. The van der Waals surface area contributed by atoms with Crippen molar-refractivity contribution in [1.82, 2.24) is 10.3 Å². The van der Waals surface area contributed by atoms with E-state index in [1.54, 1.807) is 18.3 Å². The molecule has 1 amide bonds. The number of pyridine rings is 1. The van der Waals surface area contributed by atoms with E-state index in [1.807, 2.05) is 18.2 Å². The van der Waals surface area contributed by atoms with E-state index in [4.69, 9.17) is 4.42 Å². The van der Waals surface area contributed by atoms with E-state index in [2.05, 4.69) is 26.2 Å². The summed E-state index contributed by atoms with van der Waals surface area (Å²) in [6.07, 6.45) is 6.46. The molecule has 1 unspecified atom stereocenters. The zero-order chi connectivity index (χ0) is 14.7. The Balaban J connectivity index is 1.80. The molecule has 3 rings (SSSR count). The van der Waals surface area contributed by atoms with Crippen LogP contribution in [0.1, 0.15) is 48.0 Å². The molecule has 1 aliphatic carbocycles. The van der Waals surface area contributed by atoms with Crippen molar-refractivity contribution in [3.05, 3.63) is 52.7 Å². The molecule has 0 bridgehead atoms. The third-order valence-corrected chi connectivity index (χ3v) is 4.39. The molecular weight excluding hydrogens is 332 g/mol. The number of aromatic nitrogens is 1. The molecule has 0 aliphatic heterocycles. The maximum absolute atomic E-state index is 12.3. The Morgan fingerprint density at radius 2 is 2.10 bits per heavy atom. The highest BCUT2D eigenvalue weighted by molar-refractivity contribution is 9.10. The zero-order valence-corrected chi connectivity index (χ0v) is 13.2. The lowest BCUT2D eigenvalue weighted by molar-refractivity contribution is 0.0891. The molecule has 0 aromatic carbocycles. The van der Waals surface area contributed by atoms with E-state index >= 15 is 0 Å². The normalized spacial score (nSPS) is 16.8. The van der Waals surface area contributed by atoms with Crippen molar-refractivity contribution in [3.63, 3.8) is 0 Å². The van der Waals surface area contributed by atoms with Gasteiger partial charge in [-0.25, -0.2) is 0 Å². The predicted molar refractivity (Wildman–Crippen MR) is 82.8 cm³/mol. The second-order valence-electron chi connectivity index (χ2n) is 5.35. The van der Waals surface area contributed by atoms with Gasteiger partial charge in [-0.3, -0.25) is 9.78 Å². The number of nitrogens with one attached hydrogen (secondary N) is 1. The van der Waals surface area contributed by atoms with Gasteiger partial charge in [0.05, 0.1) is 11.7 Å². The van der Waals surface area contributed by atoms with E-state index in [1.165, 1.54) is 12.8 Å². The van der Waals surface area contributed by atoms with Gasteiger partial charge in [-0.1, -0.05) is 18.9 Å². The van der Waals surface area contributed by atoms with Crippen LogP contribution in [0, 0.1) is 5.92 Å². The molecule has 1 atom stereocenters.